The molecule has 0 radical (unpaired) electrons. The Labute approximate surface area is 241 Å². The molecule has 0 amide bonds. The predicted molar refractivity (Wildman–Crippen MR) is 164 cm³/mol. The lowest BCUT2D eigenvalue weighted by Crippen LogP contribution is -2.30. The van der Waals surface area contributed by atoms with E-state index in [4.69, 9.17) is 0 Å². The first kappa shape index (κ1) is 25.1. The van der Waals surface area contributed by atoms with Crippen molar-refractivity contribution in [2.75, 3.05) is 4.72 Å². The molecule has 1 unspecified atom stereocenters. The first-order valence-electron chi connectivity index (χ1n) is 14.3. The van der Waals surface area contributed by atoms with Crippen LogP contribution < -0.4 is 9.44 Å². The summed E-state index contributed by atoms with van der Waals surface area (Å²) in [7, 11) is -6.81. The van der Waals surface area contributed by atoms with Crippen molar-refractivity contribution in [1.82, 2.24) is 4.72 Å². The first-order chi connectivity index (χ1) is 19.7. The molecule has 8 rings (SSSR count). The van der Waals surface area contributed by atoms with Gasteiger partial charge in [-0.2, -0.15) is 0 Å². The fourth-order valence-electron chi connectivity index (χ4n) is 6.55. The standard InChI is InChI=1S/C33H30N2O4S2/c1-19-16-28-24-7-3-5-9-27(24)33(30(28)18-31(19)35-41(38,39)22-13-14-22)32-26-8-4-2-6-23(26)25-15-10-20(17-29(25)32)34-40(36,37)21-11-12-21/h2-10,15,17-19,21-22,34-35H,11-14,16H2,1H3/b33-32+. The van der Waals surface area contributed by atoms with Crippen molar-refractivity contribution < 1.29 is 16.8 Å². The highest BCUT2D eigenvalue weighted by Gasteiger charge is 2.40. The molecule has 0 spiro atoms. The number of hydrogen-bond donors (Lipinski definition) is 2. The van der Waals surface area contributed by atoms with Crippen LogP contribution in [-0.2, 0) is 20.0 Å². The van der Waals surface area contributed by atoms with Crippen LogP contribution in [0.3, 0.4) is 0 Å². The molecular weight excluding hydrogens is 553 g/mol. The van der Waals surface area contributed by atoms with E-state index in [1.165, 1.54) is 11.1 Å². The minimum atomic E-state index is -3.41. The van der Waals surface area contributed by atoms with Gasteiger partial charge in [0.15, 0.2) is 0 Å². The Morgan fingerprint density at radius 2 is 1.20 bits per heavy atom. The van der Waals surface area contributed by atoms with Gasteiger partial charge in [-0.25, -0.2) is 16.8 Å². The van der Waals surface area contributed by atoms with E-state index >= 15 is 0 Å². The van der Waals surface area contributed by atoms with E-state index < -0.39 is 20.0 Å². The molecule has 41 heavy (non-hydrogen) atoms. The second-order valence-electron chi connectivity index (χ2n) is 11.9. The summed E-state index contributed by atoms with van der Waals surface area (Å²) >= 11 is 0. The molecule has 2 fully saturated rings. The van der Waals surface area contributed by atoms with Crippen LogP contribution in [0.5, 0.6) is 0 Å². The maximum atomic E-state index is 12.9. The van der Waals surface area contributed by atoms with E-state index in [1.54, 1.807) is 0 Å². The van der Waals surface area contributed by atoms with Gasteiger partial charge in [0.05, 0.1) is 10.5 Å². The van der Waals surface area contributed by atoms with Crippen molar-refractivity contribution in [2.45, 2.75) is 49.5 Å². The summed E-state index contributed by atoms with van der Waals surface area (Å²) in [6.07, 6.45) is 5.61. The highest BCUT2D eigenvalue weighted by molar-refractivity contribution is 7.93. The molecule has 0 heterocycles. The van der Waals surface area contributed by atoms with Crippen LogP contribution in [0.1, 0.15) is 61.3 Å². The van der Waals surface area contributed by atoms with Crippen LogP contribution in [0.25, 0.3) is 27.8 Å². The Morgan fingerprint density at radius 3 is 1.85 bits per heavy atom. The lowest BCUT2D eigenvalue weighted by Gasteiger charge is -2.24. The van der Waals surface area contributed by atoms with E-state index in [0.29, 0.717) is 31.4 Å². The van der Waals surface area contributed by atoms with Gasteiger partial charge in [-0.1, -0.05) is 61.5 Å². The van der Waals surface area contributed by atoms with Gasteiger partial charge in [0.1, 0.15) is 0 Å². The van der Waals surface area contributed by atoms with Crippen LogP contribution in [0.4, 0.5) is 5.69 Å². The van der Waals surface area contributed by atoms with Gasteiger partial charge in [0.25, 0.3) is 0 Å². The topological polar surface area (TPSA) is 92.3 Å². The van der Waals surface area contributed by atoms with E-state index in [0.717, 1.165) is 56.7 Å². The lowest BCUT2D eigenvalue weighted by molar-refractivity contribution is 0.575. The number of benzene rings is 3. The number of hydrogen-bond acceptors (Lipinski definition) is 4. The van der Waals surface area contributed by atoms with E-state index in [9.17, 15) is 16.8 Å². The molecule has 3 aromatic rings. The molecule has 0 bridgehead atoms. The van der Waals surface area contributed by atoms with Gasteiger partial charge in [0, 0.05) is 17.3 Å². The minimum Gasteiger partial charge on any atom is -0.287 e. The van der Waals surface area contributed by atoms with E-state index in [2.05, 4.69) is 46.7 Å². The average molecular weight is 583 g/mol. The summed E-state index contributed by atoms with van der Waals surface area (Å²) < 4.78 is 57.3. The number of anilines is 1. The Balaban J connectivity index is 1.35. The van der Waals surface area contributed by atoms with Crippen molar-refractivity contribution in [2.24, 2.45) is 5.92 Å². The van der Waals surface area contributed by atoms with Crippen LogP contribution >= 0.6 is 0 Å². The molecule has 3 aromatic carbocycles. The third-order valence-electron chi connectivity index (χ3n) is 8.93. The van der Waals surface area contributed by atoms with E-state index in [1.807, 2.05) is 42.5 Å². The molecule has 0 saturated heterocycles. The van der Waals surface area contributed by atoms with Gasteiger partial charge in [0.2, 0.25) is 20.0 Å². The molecule has 0 aliphatic heterocycles. The Morgan fingerprint density at radius 1 is 0.634 bits per heavy atom. The van der Waals surface area contributed by atoms with Crippen molar-refractivity contribution in [3.05, 3.63) is 106 Å². The van der Waals surface area contributed by atoms with E-state index in [-0.39, 0.29) is 16.4 Å². The summed E-state index contributed by atoms with van der Waals surface area (Å²) in [6, 6.07) is 22.5. The molecule has 1 atom stereocenters. The van der Waals surface area contributed by atoms with Gasteiger partial charge in [-0.15, -0.1) is 0 Å². The lowest BCUT2D eigenvalue weighted by atomic mass is 9.85. The SMILES string of the molecule is CC1CC2=C(C=C1NS(=O)(=O)C1CC1)/C(=C1\c3ccccc3-c3ccc(NS(=O)(=O)C4CC4)cc31)c1ccccc12. The summed E-state index contributed by atoms with van der Waals surface area (Å²) in [5.74, 6) is 0.0336. The number of allylic oxidation sites excluding steroid dienone is 5. The number of nitrogens with one attached hydrogen (secondary N) is 2. The molecule has 5 aliphatic carbocycles. The largest absolute Gasteiger partial charge is 0.287 e. The zero-order valence-electron chi connectivity index (χ0n) is 22.6. The van der Waals surface area contributed by atoms with Crippen LogP contribution in [0.15, 0.2) is 84.1 Å². The second kappa shape index (κ2) is 8.69. The average Bonchev–Trinajstić information content (AvgIpc) is 3.87. The van der Waals surface area contributed by atoms with Crippen molar-refractivity contribution >= 4 is 42.5 Å². The second-order valence-corrected chi connectivity index (χ2v) is 15.8. The van der Waals surface area contributed by atoms with Crippen molar-refractivity contribution in [3.63, 3.8) is 0 Å². The normalized spacial score (nSPS) is 23.0. The van der Waals surface area contributed by atoms with Gasteiger partial charge < -0.3 is 0 Å². The molecule has 2 N–H and O–H groups in total. The molecular formula is C33H30N2O4S2. The van der Waals surface area contributed by atoms with Crippen molar-refractivity contribution in [3.8, 4) is 11.1 Å². The fraction of sp³-hybridized carbons (Fsp3) is 0.273. The highest BCUT2D eigenvalue weighted by atomic mass is 32.2. The summed E-state index contributed by atoms with van der Waals surface area (Å²) in [5, 5.41) is -0.608. The zero-order chi connectivity index (χ0) is 28.1. The summed E-state index contributed by atoms with van der Waals surface area (Å²) in [5.41, 5.74) is 12.2. The quantitative estimate of drug-likeness (QED) is 0.279. The molecule has 2 saturated carbocycles. The third kappa shape index (κ3) is 4.02. The Kier molecular flexibility index (Phi) is 5.33. The molecule has 5 aliphatic rings. The van der Waals surface area contributed by atoms with Crippen molar-refractivity contribution in [1.29, 1.82) is 0 Å². The molecule has 208 valence electrons. The Hall–Kier alpha value is -3.62. The maximum absolute atomic E-state index is 12.9. The van der Waals surface area contributed by atoms with Gasteiger partial charge >= 0.3 is 0 Å². The predicted octanol–water partition coefficient (Wildman–Crippen LogP) is 6.30. The summed E-state index contributed by atoms with van der Waals surface area (Å²) in [4.78, 5) is 0. The summed E-state index contributed by atoms with van der Waals surface area (Å²) in [6.45, 7) is 2.08. The molecule has 8 heteroatoms. The third-order valence-corrected chi connectivity index (χ3v) is 12.7. The number of fused-ring (bicyclic) bond motifs is 5. The van der Waals surface area contributed by atoms with Gasteiger partial charge in [-0.05, 0) is 106 Å². The monoisotopic (exact) mass is 582 g/mol. The minimum absolute atomic E-state index is 0.0336. The smallest absolute Gasteiger partial charge is 0.235 e. The van der Waals surface area contributed by atoms with Crippen LogP contribution in [-0.4, -0.2) is 27.3 Å². The zero-order valence-corrected chi connectivity index (χ0v) is 24.3. The maximum Gasteiger partial charge on any atom is 0.235 e. The number of rotatable bonds is 6. The fourth-order valence-corrected chi connectivity index (χ4v) is 9.44. The highest BCUT2D eigenvalue weighted by Crippen LogP contribution is 2.56. The van der Waals surface area contributed by atoms with Crippen LogP contribution in [0.2, 0.25) is 0 Å². The number of sulfonamides is 2. The van der Waals surface area contributed by atoms with Gasteiger partial charge in [-0.3, -0.25) is 9.44 Å². The molecule has 0 aromatic heterocycles. The van der Waals surface area contributed by atoms with Crippen LogP contribution in [0, 0.1) is 5.92 Å². The Bertz CT molecular complexity index is 1980. The first-order valence-corrected chi connectivity index (χ1v) is 17.4. The molecule has 6 nitrogen and oxygen atoms in total.